The predicted octanol–water partition coefficient (Wildman–Crippen LogP) is 5.82. The molecule has 156 valence electrons. The van der Waals surface area contributed by atoms with E-state index in [-0.39, 0.29) is 0 Å². The summed E-state index contributed by atoms with van der Waals surface area (Å²) in [7, 11) is 0. The number of thiophene rings is 1. The zero-order valence-corrected chi connectivity index (χ0v) is 18.5. The summed E-state index contributed by atoms with van der Waals surface area (Å²) in [6.07, 6.45) is 10.5. The highest BCUT2D eigenvalue weighted by molar-refractivity contribution is 7.26. The van der Waals surface area contributed by atoms with Crippen LogP contribution in [0.2, 0.25) is 0 Å². The second-order valence-electron chi connectivity index (χ2n) is 8.34. The minimum absolute atomic E-state index is 0.828. The summed E-state index contributed by atoms with van der Waals surface area (Å²) in [4.78, 5) is 18.9. The minimum Gasteiger partial charge on any atom is -0.368 e. The first-order valence-corrected chi connectivity index (χ1v) is 12.0. The lowest BCUT2D eigenvalue weighted by molar-refractivity contribution is 0.856. The first kappa shape index (κ1) is 18.8. The number of anilines is 1. The van der Waals surface area contributed by atoms with Crippen molar-refractivity contribution in [3.8, 4) is 0 Å². The van der Waals surface area contributed by atoms with E-state index in [1.165, 1.54) is 45.1 Å². The summed E-state index contributed by atoms with van der Waals surface area (Å²) in [5, 5.41) is 6.14. The molecule has 5 nitrogen and oxygen atoms in total. The van der Waals surface area contributed by atoms with E-state index in [4.69, 9.17) is 9.97 Å². The molecule has 0 unspecified atom stereocenters. The van der Waals surface area contributed by atoms with Crippen LogP contribution in [0, 0.1) is 0 Å². The standard InChI is InChI=1S/C25H25N5S/c1-2-6-20-17-8-5-9-18(17)21-22-23(31-25(21)30-20)24(29-14-28-22)26-12-11-15-13-27-19-10-4-3-7-16(15)19/h3-4,7,10,13-14,27H,2,5-6,8-9,11-12H2,1H3,(H,26,28,29). The van der Waals surface area contributed by atoms with Crippen LogP contribution in [-0.4, -0.2) is 26.5 Å². The largest absolute Gasteiger partial charge is 0.368 e. The zero-order valence-electron chi connectivity index (χ0n) is 17.7. The molecule has 6 rings (SSSR count). The van der Waals surface area contributed by atoms with Gasteiger partial charge in [-0.3, -0.25) is 0 Å². The maximum absolute atomic E-state index is 5.09. The van der Waals surface area contributed by atoms with Gasteiger partial charge in [-0.25, -0.2) is 15.0 Å². The van der Waals surface area contributed by atoms with Crippen LogP contribution in [0.4, 0.5) is 5.82 Å². The quantitative estimate of drug-likeness (QED) is 0.358. The zero-order chi connectivity index (χ0) is 20.8. The smallest absolute Gasteiger partial charge is 0.147 e. The summed E-state index contributed by atoms with van der Waals surface area (Å²) < 4.78 is 1.13. The minimum atomic E-state index is 0.828. The van der Waals surface area contributed by atoms with Crippen molar-refractivity contribution in [3.05, 3.63) is 59.2 Å². The van der Waals surface area contributed by atoms with Crippen LogP contribution >= 0.6 is 11.3 Å². The van der Waals surface area contributed by atoms with Crippen LogP contribution in [0.25, 0.3) is 31.3 Å². The highest BCUT2D eigenvalue weighted by Gasteiger charge is 2.23. The van der Waals surface area contributed by atoms with Crippen molar-refractivity contribution in [2.75, 3.05) is 11.9 Å². The molecule has 0 fully saturated rings. The van der Waals surface area contributed by atoms with Gasteiger partial charge >= 0.3 is 0 Å². The Morgan fingerprint density at radius 2 is 2.00 bits per heavy atom. The van der Waals surface area contributed by atoms with Gasteiger partial charge in [-0.15, -0.1) is 11.3 Å². The van der Waals surface area contributed by atoms with E-state index in [1.807, 2.05) is 0 Å². The van der Waals surface area contributed by atoms with Gasteiger partial charge in [0, 0.05) is 34.7 Å². The van der Waals surface area contributed by atoms with Crippen LogP contribution in [0.1, 0.15) is 42.1 Å². The number of pyridine rings is 1. The Hall–Kier alpha value is -2.99. The lowest BCUT2D eigenvalue weighted by atomic mass is 10.0. The molecule has 6 heteroatoms. The van der Waals surface area contributed by atoms with Gasteiger partial charge in [-0.2, -0.15) is 0 Å². The van der Waals surface area contributed by atoms with Gasteiger partial charge < -0.3 is 10.3 Å². The Morgan fingerprint density at radius 1 is 1.10 bits per heavy atom. The maximum atomic E-state index is 5.09. The SMILES string of the molecule is CCCc1nc2sc3c(NCCc4c[nH]c5ccccc45)ncnc3c2c2c1CCC2. The molecule has 0 radical (unpaired) electrons. The van der Waals surface area contributed by atoms with Crippen molar-refractivity contribution in [2.24, 2.45) is 0 Å². The van der Waals surface area contributed by atoms with Crippen LogP contribution in [-0.2, 0) is 25.7 Å². The van der Waals surface area contributed by atoms with Crippen LogP contribution in [0.3, 0.4) is 0 Å². The van der Waals surface area contributed by atoms with E-state index < -0.39 is 0 Å². The summed E-state index contributed by atoms with van der Waals surface area (Å²) in [6, 6.07) is 8.46. The number of aryl methyl sites for hydroxylation is 2. The van der Waals surface area contributed by atoms with Gasteiger partial charge in [-0.1, -0.05) is 31.5 Å². The second kappa shape index (κ2) is 7.61. The average molecular weight is 428 g/mol. The van der Waals surface area contributed by atoms with Crippen LogP contribution < -0.4 is 5.32 Å². The molecule has 4 heterocycles. The fourth-order valence-corrected chi connectivity index (χ4v) is 6.14. The van der Waals surface area contributed by atoms with Crippen molar-refractivity contribution in [2.45, 2.75) is 45.4 Å². The van der Waals surface area contributed by atoms with E-state index in [0.717, 1.165) is 59.5 Å². The number of H-pyrrole nitrogens is 1. The number of aromatic amines is 1. The number of rotatable bonds is 6. The molecule has 0 saturated carbocycles. The first-order valence-electron chi connectivity index (χ1n) is 11.2. The van der Waals surface area contributed by atoms with Crippen molar-refractivity contribution < 1.29 is 0 Å². The highest BCUT2D eigenvalue weighted by Crippen LogP contribution is 2.41. The molecule has 5 aromatic rings. The molecular weight excluding hydrogens is 402 g/mol. The molecule has 0 bridgehead atoms. The summed E-state index contributed by atoms with van der Waals surface area (Å²) in [6.45, 7) is 3.06. The lowest BCUT2D eigenvalue weighted by Crippen LogP contribution is -2.06. The van der Waals surface area contributed by atoms with E-state index >= 15 is 0 Å². The number of fused-ring (bicyclic) bond motifs is 6. The second-order valence-corrected chi connectivity index (χ2v) is 9.34. The number of hydrogen-bond acceptors (Lipinski definition) is 5. The van der Waals surface area contributed by atoms with Gasteiger partial charge in [0.15, 0.2) is 0 Å². The molecule has 1 aliphatic rings. The number of nitrogens with one attached hydrogen (secondary N) is 2. The molecular formula is C25H25N5S. The van der Waals surface area contributed by atoms with Gasteiger partial charge in [0.25, 0.3) is 0 Å². The highest BCUT2D eigenvalue weighted by atomic mass is 32.1. The molecule has 0 amide bonds. The third-order valence-corrected chi connectivity index (χ3v) is 7.49. The normalized spacial score (nSPS) is 13.5. The molecule has 1 aromatic carbocycles. The topological polar surface area (TPSA) is 66.5 Å². The van der Waals surface area contributed by atoms with Gasteiger partial charge in [-0.05, 0) is 54.9 Å². The Bertz CT molecular complexity index is 1410. The number of aromatic nitrogens is 4. The van der Waals surface area contributed by atoms with Crippen molar-refractivity contribution in [1.82, 2.24) is 19.9 Å². The van der Waals surface area contributed by atoms with E-state index in [2.05, 4.69) is 52.7 Å². The number of para-hydroxylation sites is 1. The Kier molecular flexibility index (Phi) is 4.60. The van der Waals surface area contributed by atoms with Gasteiger partial charge in [0.1, 0.15) is 17.0 Å². The maximum Gasteiger partial charge on any atom is 0.147 e. The van der Waals surface area contributed by atoms with E-state index in [9.17, 15) is 0 Å². The first-order chi connectivity index (χ1) is 15.3. The van der Waals surface area contributed by atoms with E-state index in [0.29, 0.717) is 0 Å². The molecule has 31 heavy (non-hydrogen) atoms. The summed E-state index contributed by atoms with van der Waals surface area (Å²) in [5.74, 6) is 0.927. The predicted molar refractivity (Wildman–Crippen MR) is 129 cm³/mol. The molecule has 0 aliphatic heterocycles. The van der Waals surface area contributed by atoms with Gasteiger partial charge in [0.2, 0.25) is 0 Å². The monoisotopic (exact) mass is 427 g/mol. The summed E-state index contributed by atoms with van der Waals surface area (Å²) >= 11 is 1.74. The Morgan fingerprint density at radius 3 is 2.94 bits per heavy atom. The summed E-state index contributed by atoms with van der Waals surface area (Å²) in [5.41, 5.74) is 7.86. The van der Waals surface area contributed by atoms with Crippen LogP contribution in [0.5, 0.6) is 0 Å². The Balaban J connectivity index is 1.35. The molecule has 4 aromatic heterocycles. The molecule has 0 saturated heterocycles. The van der Waals surface area contributed by atoms with Crippen molar-refractivity contribution in [1.29, 1.82) is 0 Å². The van der Waals surface area contributed by atoms with Crippen LogP contribution in [0.15, 0.2) is 36.8 Å². The van der Waals surface area contributed by atoms with Crippen molar-refractivity contribution >= 4 is 48.5 Å². The average Bonchev–Trinajstić information content (AvgIpc) is 3.51. The number of benzene rings is 1. The lowest BCUT2D eigenvalue weighted by Gasteiger charge is -2.08. The third-order valence-electron chi connectivity index (χ3n) is 6.41. The molecule has 2 N–H and O–H groups in total. The Labute approximate surface area is 185 Å². The number of hydrogen-bond donors (Lipinski definition) is 2. The molecule has 0 atom stereocenters. The van der Waals surface area contributed by atoms with Crippen molar-refractivity contribution in [3.63, 3.8) is 0 Å². The fourth-order valence-electron chi connectivity index (χ4n) is 5.00. The number of nitrogens with zero attached hydrogens (tertiary/aromatic N) is 3. The molecule has 1 aliphatic carbocycles. The molecule has 0 spiro atoms. The van der Waals surface area contributed by atoms with Gasteiger partial charge in [0.05, 0.1) is 10.2 Å². The third kappa shape index (κ3) is 3.08. The van der Waals surface area contributed by atoms with E-state index in [1.54, 1.807) is 17.7 Å². The fraction of sp³-hybridized carbons (Fsp3) is 0.320.